The number of hydrogen-bond donors (Lipinski definition) is 0. The third-order valence-corrected chi connectivity index (χ3v) is 2.52. The highest BCUT2D eigenvalue weighted by atomic mass is 16.5. The van der Waals surface area contributed by atoms with E-state index in [2.05, 4.69) is 23.8 Å². The van der Waals surface area contributed by atoms with Gasteiger partial charge in [-0.2, -0.15) is 5.26 Å². The van der Waals surface area contributed by atoms with Gasteiger partial charge in [0.15, 0.2) is 0 Å². The van der Waals surface area contributed by atoms with Crippen LogP contribution >= 0.6 is 0 Å². The quantitative estimate of drug-likeness (QED) is 0.824. The van der Waals surface area contributed by atoms with Crippen LogP contribution in [-0.4, -0.2) is 9.97 Å². The van der Waals surface area contributed by atoms with Crippen LogP contribution in [0.1, 0.15) is 31.0 Å². The molecule has 18 heavy (non-hydrogen) atoms. The fourth-order valence-electron chi connectivity index (χ4n) is 1.63. The van der Waals surface area contributed by atoms with Gasteiger partial charge in [0.1, 0.15) is 11.8 Å². The van der Waals surface area contributed by atoms with Gasteiger partial charge >= 0.3 is 0 Å². The highest BCUT2D eigenvalue weighted by Crippen LogP contribution is 2.29. The molecule has 1 aromatic heterocycles. The molecule has 0 aliphatic carbocycles. The molecule has 0 amide bonds. The molecule has 0 unspecified atom stereocenters. The van der Waals surface area contributed by atoms with Crippen molar-refractivity contribution in [3.63, 3.8) is 0 Å². The van der Waals surface area contributed by atoms with Gasteiger partial charge in [0, 0.05) is 12.4 Å². The summed E-state index contributed by atoms with van der Waals surface area (Å²) in [7, 11) is 0. The van der Waals surface area contributed by atoms with Crippen molar-refractivity contribution in [3.05, 3.63) is 47.9 Å². The van der Waals surface area contributed by atoms with Gasteiger partial charge in [0.2, 0.25) is 5.69 Å². The Morgan fingerprint density at radius 1 is 1.17 bits per heavy atom. The largest absolute Gasteiger partial charge is 0.436 e. The summed E-state index contributed by atoms with van der Waals surface area (Å²) in [5.74, 6) is 1.29. The Balaban J connectivity index is 2.38. The lowest BCUT2D eigenvalue weighted by Gasteiger charge is -2.12. The lowest BCUT2D eigenvalue weighted by Crippen LogP contribution is -1.97. The first kappa shape index (κ1) is 12.1. The van der Waals surface area contributed by atoms with E-state index < -0.39 is 0 Å². The van der Waals surface area contributed by atoms with Crippen LogP contribution in [0, 0.1) is 11.3 Å². The number of nitrogens with zero attached hydrogens (tertiary/aromatic N) is 3. The molecule has 2 rings (SSSR count). The number of aromatic nitrogens is 2. The van der Waals surface area contributed by atoms with Crippen LogP contribution < -0.4 is 4.74 Å². The molecule has 0 bridgehead atoms. The van der Waals surface area contributed by atoms with E-state index in [1.165, 1.54) is 12.4 Å². The van der Waals surface area contributed by atoms with Crippen molar-refractivity contribution in [2.45, 2.75) is 19.8 Å². The molecule has 1 heterocycles. The number of ether oxygens (including phenoxy) is 1. The van der Waals surface area contributed by atoms with Crippen molar-refractivity contribution >= 4 is 0 Å². The standard InChI is InChI=1S/C14H13N3O/c1-10(2)11-5-3-4-6-13(11)18-14-12(9-15)16-7-8-17-14/h3-8,10H,1-2H3. The Morgan fingerprint density at radius 2 is 1.89 bits per heavy atom. The van der Waals surface area contributed by atoms with E-state index in [0.29, 0.717) is 11.7 Å². The van der Waals surface area contributed by atoms with E-state index in [1.54, 1.807) is 0 Å². The second-order valence-corrected chi connectivity index (χ2v) is 4.12. The van der Waals surface area contributed by atoms with Crippen molar-refractivity contribution in [2.24, 2.45) is 0 Å². The van der Waals surface area contributed by atoms with Gasteiger partial charge < -0.3 is 4.74 Å². The SMILES string of the molecule is CC(C)c1ccccc1Oc1nccnc1C#N. The Morgan fingerprint density at radius 3 is 2.61 bits per heavy atom. The summed E-state index contributed by atoms with van der Waals surface area (Å²) in [5.41, 5.74) is 1.27. The van der Waals surface area contributed by atoms with Crippen LogP contribution in [0.2, 0.25) is 0 Å². The molecule has 1 aromatic carbocycles. The highest BCUT2D eigenvalue weighted by Gasteiger charge is 2.11. The molecule has 0 saturated heterocycles. The molecule has 4 heteroatoms. The van der Waals surface area contributed by atoms with Gasteiger partial charge in [0.05, 0.1) is 0 Å². The summed E-state index contributed by atoms with van der Waals surface area (Å²) in [6.07, 6.45) is 2.98. The van der Waals surface area contributed by atoms with Gasteiger partial charge in [-0.1, -0.05) is 32.0 Å². The molecular formula is C14H13N3O. The normalized spacial score (nSPS) is 10.1. The van der Waals surface area contributed by atoms with Crippen molar-refractivity contribution in [2.75, 3.05) is 0 Å². The summed E-state index contributed by atoms with van der Waals surface area (Å²) in [6, 6.07) is 9.69. The van der Waals surface area contributed by atoms with Gasteiger partial charge in [-0.25, -0.2) is 9.97 Å². The smallest absolute Gasteiger partial charge is 0.256 e. The van der Waals surface area contributed by atoms with Crippen LogP contribution in [-0.2, 0) is 0 Å². The van der Waals surface area contributed by atoms with Crippen molar-refractivity contribution < 1.29 is 4.74 Å². The van der Waals surface area contributed by atoms with Crippen molar-refractivity contribution in [1.29, 1.82) is 5.26 Å². The van der Waals surface area contributed by atoms with Crippen LogP contribution in [0.4, 0.5) is 0 Å². The third-order valence-electron chi connectivity index (χ3n) is 2.52. The lowest BCUT2D eigenvalue weighted by molar-refractivity contribution is 0.450. The first-order valence-electron chi connectivity index (χ1n) is 5.70. The van der Waals surface area contributed by atoms with Crippen LogP contribution in [0.5, 0.6) is 11.6 Å². The van der Waals surface area contributed by atoms with E-state index in [1.807, 2.05) is 30.3 Å². The Labute approximate surface area is 106 Å². The second-order valence-electron chi connectivity index (χ2n) is 4.12. The van der Waals surface area contributed by atoms with Crippen molar-refractivity contribution in [3.8, 4) is 17.7 Å². The molecule has 0 spiro atoms. The van der Waals surface area contributed by atoms with E-state index in [0.717, 1.165) is 5.56 Å². The van der Waals surface area contributed by atoms with Crippen LogP contribution in [0.25, 0.3) is 0 Å². The summed E-state index contributed by atoms with van der Waals surface area (Å²) < 4.78 is 5.70. The van der Waals surface area contributed by atoms with E-state index in [9.17, 15) is 0 Å². The minimum atomic E-state index is 0.191. The molecule has 2 aromatic rings. The average molecular weight is 239 g/mol. The summed E-state index contributed by atoms with van der Waals surface area (Å²) >= 11 is 0. The third kappa shape index (κ3) is 2.46. The Bertz CT molecular complexity index is 588. The van der Waals surface area contributed by atoms with E-state index in [-0.39, 0.29) is 11.6 Å². The molecular weight excluding hydrogens is 226 g/mol. The van der Waals surface area contributed by atoms with Crippen LogP contribution in [0.15, 0.2) is 36.7 Å². The first-order valence-corrected chi connectivity index (χ1v) is 5.70. The molecule has 90 valence electrons. The molecule has 0 saturated carbocycles. The monoisotopic (exact) mass is 239 g/mol. The predicted molar refractivity (Wildman–Crippen MR) is 67.4 cm³/mol. The second kappa shape index (κ2) is 5.28. The van der Waals surface area contributed by atoms with Crippen LogP contribution in [0.3, 0.4) is 0 Å². The summed E-state index contributed by atoms with van der Waals surface area (Å²) in [5, 5.41) is 8.94. The fraction of sp³-hybridized carbons (Fsp3) is 0.214. The number of nitriles is 1. The number of rotatable bonds is 3. The maximum atomic E-state index is 8.94. The minimum absolute atomic E-state index is 0.191. The molecule has 0 fully saturated rings. The first-order chi connectivity index (χ1) is 8.72. The maximum Gasteiger partial charge on any atom is 0.256 e. The number of benzene rings is 1. The fourth-order valence-corrected chi connectivity index (χ4v) is 1.63. The van der Waals surface area contributed by atoms with E-state index >= 15 is 0 Å². The molecule has 0 atom stereocenters. The average Bonchev–Trinajstić information content (AvgIpc) is 2.40. The topological polar surface area (TPSA) is 58.8 Å². The van der Waals surface area contributed by atoms with Gasteiger partial charge in [0.25, 0.3) is 5.88 Å². The summed E-state index contributed by atoms with van der Waals surface area (Å²) in [4.78, 5) is 7.96. The zero-order valence-electron chi connectivity index (χ0n) is 10.3. The molecule has 0 aliphatic heterocycles. The number of hydrogen-bond acceptors (Lipinski definition) is 4. The summed E-state index contributed by atoms with van der Waals surface area (Å²) in [6.45, 7) is 4.17. The molecule has 0 N–H and O–H groups in total. The maximum absolute atomic E-state index is 8.94. The van der Waals surface area contributed by atoms with Crippen molar-refractivity contribution in [1.82, 2.24) is 9.97 Å². The zero-order valence-corrected chi connectivity index (χ0v) is 10.3. The Kier molecular flexibility index (Phi) is 3.54. The zero-order chi connectivity index (χ0) is 13.0. The number of para-hydroxylation sites is 1. The van der Waals surface area contributed by atoms with E-state index in [4.69, 9.17) is 10.00 Å². The lowest BCUT2D eigenvalue weighted by atomic mass is 10.0. The van der Waals surface area contributed by atoms with Gasteiger partial charge in [-0.15, -0.1) is 0 Å². The predicted octanol–water partition coefficient (Wildman–Crippen LogP) is 3.26. The molecule has 0 aliphatic rings. The van der Waals surface area contributed by atoms with Gasteiger partial charge in [-0.05, 0) is 17.5 Å². The minimum Gasteiger partial charge on any atom is -0.436 e. The highest BCUT2D eigenvalue weighted by molar-refractivity contribution is 5.40. The van der Waals surface area contributed by atoms with Gasteiger partial charge in [-0.3, -0.25) is 0 Å². The molecule has 4 nitrogen and oxygen atoms in total. The Hall–Kier alpha value is -2.41. The molecule has 0 radical (unpaired) electrons.